The van der Waals surface area contributed by atoms with Crippen molar-refractivity contribution in [1.82, 2.24) is 0 Å². The maximum Gasteiger partial charge on any atom is 0.320 e. The summed E-state index contributed by atoms with van der Waals surface area (Å²) in [6.07, 6.45) is 1.67. The van der Waals surface area contributed by atoms with E-state index in [9.17, 15) is 9.59 Å². The number of thioether (sulfide) groups is 1. The Labute approximate surface area is 166 Å². The van der Waals surface area contributed by atoms with Crippen LogP contribution < -0.4 is 17.2 Å². The minimum Gasteiger partial charge on any atom is -0.480 e. The Morgan fingerprint density at radius 1 is 1.14 bits per heavy atom. The number of carbonyl (C=O) groups excluding carboxylic acids is 1. The third-order valence-corrected chi connectivity index (χ3v) is 4.55. The van der Waals surface area contributed by atoms with Gasteiger partial charge in [0.1, 0.15) is 11.4 Å². The monoisotopic (exact) mass is 399 g/mol. The van der Waals surface area contributed by atoms with Crippen LogP contribution in [0.4, 0.5) is 5.69 Å². The molecule has 2 aromatic carbocycles. The van der Waals surface area contributed by atoms with Crippen LogP contribution in [0.2, 0.25) is 0 Å². The predicted octanol–water partition coefficient (Wildman–Crippen LogP) is 1.58. The number of carboxylic acid groups (broad SMARTS) is 1. The highest BCUT2D eigenvalue weighted by Gasteiger charge is 2.19. The molecule has 1 unspecified atom stereocenters. The van der Waals surface area contributed by atoms with Crippen molar-refractivity contribution in [2.75, 3.05) is 0 Å². The summed E-state index contributed by atoms with van der Waals surface area (Å²) < 4.78 is 0. The van der Waals surface area contributed by atoms with Crippen LogP contribution in [0.5, 0.6) is 0 Å². The van der Waals surface area contributed by atoms with E-state index in [1.165, 1.54) is 18.0 Å². The number of hydrogen-bond donors (Lipinski definition) is 4. The predicted molar refractivity (Wildman–Crippen MR) is 111 cm³/mol. The molecule has 1 aliphatic rings. The van der Waals surface area contributed by atoms with Crippen molar-refractivity contribution in [2.45, 2.75) is 17.8 Å². The maximum atomic E-state index is 10.8. The van der Waals surface area contributed by atoms with Gasteiger partial charge in [0.05, 0.1) is 11.9 Å². The number of guanidine groups is 1. The van der Waals surface area contributed by atoms with Gasteiger partial charge in [0.15, 0.2) is 5.96 Å². The Hall–Kier alpha value is -3.17. The number of aliphatic imine (C=N–C) groups is 2. The van der Waals surface area contributed by atoms with Crippen molar-refractivity contribution in [3.63, 3.8) is 0 Å². The van der Waals surface area contributed by atoms with Crippen LogP contribution in [0, 0.1) is 0 Å². The number of benzene rings is 2. The molecule has 2 atom stereocenters. The van der Waals surface area contributed by atoms with Crippen molar-refractivity contribution < 1.29 is 14.7 Å². The highest BCUT2D eigenvalue weighted by atomic mass is 32.2. The van der Waals surface area contributed by atoms with Gasteiger partial charge in [-0.15, -0.1) is 0 Å². The van der Waals surface area contributed by atoms with E-state index in [4.69, 9.17) is 22.3 Å². The molecule has 7 N–H and O–H groups in total. The molecule has 8 nitrogen and oxygen atoms in total. The zero-order valence-electron chi connectivity index (χ0n) is 14.9. The molecular weight excluding hydrogens is 378 g/mol. The molecule has 0 saturated heterocycles. The SMILES string of the molecule is NC(N)=Nc1ccc(C[C@H](N)C(=O)O)cc1.O=C1C=NC(c2ccccc2)S1. The summed E-state index contributed by atoms with van der Waals surface area (Å²) in [4.78, 5) is 29.3. The molecule has 1 heterocycles. The second-order valence-corrected chi connectivity index (χ2v) is 6.91. The van der Waals surface area contributed by atoms with Crippen molar-refractivity contribution >= 4 is 40.7 Å². The van der Waals surface area contributed by atoms with Gasteiger partial charge in [0.2, 0.25) is 5.12 Å². The number of aliphatic carboxylic acids is 1. The lowest BCUT2D eigenvalue weighted by Crippen LogP contribution is -2.32. The Morgan fingerprint density at radius 2 is 1.79 bits per heavy atom. The first-order valence-electron chi connectivity index (χ1n) is 8.31. The second kappa shape index (κ2) is 10.2. The Kier molecular flexibility index (Phi) is 7.73. The van der Waals surface area contributed by atoms with Gasteiger partial charge in [-0.25, -0.2) is 4.99 Å². The fraction of sp³-hybridized carbons (Fsp3) is 0.158. The highest BCUT2D eigenvalue weighted by molar-refractivity contribution is 8.15. The van der Waals surface area contributed by atoms with E-state index in [1.54, 1.807) is 24.3 Å². The van der Waals surface area contributed by atoms with E-state index in [0.29, 0.717) is 5.69 Å². The van der Waals surface area contributed by atoms with E-state index in [-0.39, 0.29) is 22.9 Å². The summed E-state index contributed by atoms with van der Waals surface area (Å²) in [5.74, 6) is -1.04. The molecule has 1 aliphatic heterocycles. The van der Waals surface area contributed by atoms with Crippen LogP contribution in [0.15, 0.2) is 64.6 Å². The zero-order valence-corrected chi connectivity index (χ0v) is 15.8. The van der Waals surface area contributed by atoms with Gasteiger partial charge in [-0.2, -0.15) is 0 Å². The molecule has 0 saturated carbocycles. The molecule has 3 rings (SSSR count). The lowest BCUT2D eigenvalue weighted by molar-refractivity contribution is -0.138. The van der Waals surface area contributed by atoms with Gasteiger partial charge in [-0.3, -0.25) is 14.6 Å². The summed E-state index contributed by atoms with van der Waals surface area (Å²) in [6.45, 7) is 0. The zero-order chi connectivity index (χ0) is 20.5. The van der Waals surface area contributed by atoms with Crippen molar-refractivity contribution in [1.29, 1.82) is 0 Å². The Balaban J connectivity index is 0.000000207. The van der Waals surface area contributed by atoms with Crippen LogP contribution in [0.3, 0.4) is 0 Å². The van der Waals surface area contributed by atoms with Crippen molar-refractivity contribution in [2.24, 2.45) is 27.2 Å². The van der Waals surface area contributed by atoms with E-state index in [2.05, 4.69) is 9.98 Å². The Bertz CT molecular complexity index is 865. The second-order valence-electron chi connectivity index (χ2n) is 5.83. The topological polar surface area (TPSA) is 157 Å². The van der Waals surface area contributed by atoms with Crippen molar-refractivity contribution in [3.05, 3.63) is 65.7 Å². The third kappa shape index (κ3) is 6.86. The molecule has 0 aromatic heterocycles. The first-order valence-corrected chi connectivity index (χ1v) is 9.19. The number of nitrogens with zero attached hydrogens (tertiary/aromatic N) is 2. The highest BCUT2D eigenvalue weighted by Crippen LogP contribution is 2.33. The van der Waals surface area contributed by atoms with Crippen LogP contribution in [-0.2, 0) is 16.0 Å². The maximum absolute atomic E-state index is 10.8. The van der Waals surface area contributed by atoms with Crippen LogP contribution in [0.25, 0.3) is 0 Å². The van der Waals surface area contributed by atoms with Gasteiger partial charge in [0, 0.05) is 0 Å². The number of carboxylic acids is 1. The lowest BCUT2D eigenvalue weighted by Gasteiger charge is -2.06. The molecule has 2 aromatic rings. The summed E-state index contributed by atoms with van der Waals surface area (Å²) in [5.41, 5.74) is 18.4. The molecule has 0 radical (unpaired) electrons. The summed E-state index contributed by atoms with van der Waals surface area (Å²) in [7, 11) is 0. The average Bonchev–Trinajstić information content (AvgIpc) is 3.10. The number of carbonyl (C=O) groups is 2. The van der Waals surface area contributed by atoms with E-state index < -0.39 is 12.0 Å². The van der Waals surface area contributed by atoms with Gasteiger partial charge in [-0.1, -0.05) is 54.2 Å². The van der Waals surface area contributed by atoms with E-state index >= 15 is 0 Å². The Morgan fingerprint density at radius 3 is 2.29 bits per heavy atom. The molecule has 0 fully saturated rings. The first-order chi connectivity index (χ1) is 13.3. The molecule has 146 valence electrons. The van der Waals surface area contributed by atoms with Crippen LogP contribution in [-0.4, -0.2) is 34.4 Å². The number of rotatable bonds is 5. The molecule has 9 heteroatoms. The van der Waals surface area contributed by atoms with Gasteiger partial charge in [0.25, 0.3) is 0 Å². The summed E-state index contributed by atoms with van der Waals surface area (Å²) >= 11 is 1.26. The molecule has 0 aliphatic carbocycles. The summed E-state index contributed by atoms with van der Waals surface area (Å²) in [6, 6.07) is 15.8. The van der Waals surface area contributed by atoms with Crippen molar-refractivity contribution in [3.8, 4) is 0 Å². The molecule has 0 bridgehead atoms. The van der Waals surface area contributed by atoms with E-state index in [1.807, 2.05) is 30.3 Å². The minimum absolute atomic E-state index is 0.0151. The lowest BCUT2D eigenvalue weighted by atomic mass is 10.1. The third-order valence-electron chi connectivity index (χ3n) is 3.60. The number of hydrogen-bond acceptors (Lipinski definition) is 6. The summed E-state index contributed by atoms with van der Waals surface area (Å²) in [5, 5.41) is 8.67. The molecule has 28 heavy (non-hydrogen) atoms. The quantitative estimate of drug-likeness (QED) is 0.439. The first kappa shape index (κ1) is 21.1. The smallest absolute Gasteiger partial charge is 0.320 e. The molecular formula is C19H21N5O3S. The van der Waals surface area contributed by atoms with Crippen LogP contribution in [0.1, 0.15) is 16.5 Å². The van der Waals surface area contributed by atoms with Gasteiger partial charge < -0.3 is 22.3 Å². The van der Waals surface area contributed by atoms with Gasteiger partial charge >= 0.3 is 5.97 Å². The normalized spacial score (nSPS) is 16.0. The molecule has 0 spiro atoms. The fourth-order valence-corrected chi connectivity index (χ4v) is 3.02. The number of nitrogens with two attached hydrogens (primary N) is 3. The largest absolute Gasteiger partial charge is 0.480 e. The fourth-order valence-electron chi connectivity index (χ4n) is 2.27. The molecule has 0 amide bonds. The van der Waals surface area contributed by atoms with Crippen LogP contribution >= 0.6 is 11.8 Å². The van der Waals surface area contributed by atoms with E-state index in [0.717, 1.165) is 11.1 Å². The average molecular weight is 399 g/mol. The minimum atomic E-state index is -1.02. The standard InChI is InChI=1S/C10H14N4O2.C9H7NOS/c11-8(9(15)16)5-6-1-3-7(4-2-6)14-10(12)13;11-8-6-10-9(12-8)7-4-2-1-3-5-7/h1-4,8H,5,11H2,(H,15,16)(H4,12,13,14);1-6,9H/t8-;/m0./s1. The van der Waals surface area contributed by atoms with Gasteiger partial charge in [-0.05, 0) is 29.7 Å².